The molecule has 0 N–H and O–H groups in total. The number of fused-ring (bicyclic) bond motifs is 1. The number of halogens is 1. The van der Waals surface area contributed by atoms with Crippen LogP contribution in [0.5, 0.6) is 0 Å². The Hall–Kier alpha value is 0.350. The van der Waals surface area contributed by atoms with Crippen LogP contribution in [0.15, 0.2) is 21.9 Å². The summed E-state index contributed by atoms with van der Waals surface area (Å²) in [5.41, 5.74) is 2.32. The molecule has 1 aliphatic heterocycles. The van der Waals surface area contributed by atoms with Crippen LogP contribution in [0, 0.1) is 5.92 Å². The quantitative estimate of drug-likeness (QED) is 0.716. The van der Waals surface area contributed by atoms with E-state index in [1.165, 1.54) is 10.6 Å². The van der Waals surface area contributed by atoms with Crippen LogP contribution in [0.25, 0.3) is 0 Å². The van der Waals surface area contributed by atoms with Crippen molar-refractivity contribution < 1.29 is 0 Å². The van der Waals surface area contributed by atoms with Gasteiger partial charge in [0.25, 0.3) is 0 Å². The summed E-state index contributed by atoms with van der Waals surface area (Å²) in [7, 11) is 3.40. The second-order valence-electron chi connectivity index (χ2n) is 6.19. The van der Waals surface area contributed by atoms with E-state index in [1.807, 2.05) is 0 Å². The number of hydrogen-bond donors (Lipinski definition) is 0. The molecule has 1 saturated carbocycles. The molecule has 0 aromatic heterocycles. The van der Waals surface area contributed by atoms with Gasteiger partial charge >= 0.3 is 114 Å². The molecule has 0 radical (unpaired) electrons. The van der Waals surface area contributed by atoms with Gasteiger partial charge in [-0.1, -0.05) is 0 Å². The Morgan fingerprint density at radius 2 is 2.12 bits per heavy atom. The van der Waals surface area contributed by atoms with Crippen molar-refractivity contribution in [3.63, 3.8) is 0 Å². The van der Waals surface area contributed by atoms with Crippen LogP contribution in [0.4, 0.5) is 0 Å². The van der Waals surface area contributed by atoms with E-state index in [0.717, 1.165) is 11.3 Å². The van der Waals surface area contributed by atoms with Crippen molar-refractivity contribution in [3.05, 3.63) is 21.9 Å². The molecule has 2 fully saturated rings. The van der Waals surface area contributed by atoms with Gasteiger partial charge in [-0.05, 0) is 0 Å². The van der Waals surface area contributed by atoms with E-state index in [9.17, 15) is 0 Å². The van der Waals surface area contributed by atoms with Gasteiger partial charge in [0.1, 0.15) is 0 Å². The SMILES string of the molecule is CC[PH]1(C2=C(Br)C([C@@H](C)N(C)C)C=C2)C2CC21. The number of nitrogens with zero attached hydrogens (tertiary/aromatic N) is 1. The minimum absolute atomic E-state index is 0.593. The Morgan fingerprint density at radius 3 is 2.53 bits per heavy atom. The normalized spacial score (nSPS) is 40.5. The van der Waals surface area contributed by atoms with Crippen molar-refractivity contribution in [2.24, 2.45) is 5.92 Å². The third-order valence-corrected chi connectivity index (χ3v) is 12.9. The van der Waals surface area contributed by atoms with E-state index in [2.05, 4.69) is 60.9 Å². The topological polar surface area (TPSA) is 3.24 Å². The molecular formula is C14H23BrNP. The molecule has 0 bridgehead atoms. The van der Waals surface area contributed by atoms with Crippen molar-refractivity contribution in [2.75, 3.05) is 20.3 Å². The molecule has 0 aromatic rings. The molecule has 3 aliphatic rings. The van der Waals surface area contributed by atoms with Crippen molar-refractivity contribution in [1.82, 2.24) is 4.90 Å². The monoisotopic (exact) mass is 315 g/mol. The summed E-state index contributed by atoms with van der Waals surface area (Å²) in [4.78, 5) is 2.33. The number of allylic oxidation sites excluding steroid dienone is 2. The first-order chi connectivity index (χ1) is 8.04. The van der Waals surface area contributed by atoms with Gasteiger partial charge in [0.2, 0.25) is 0 Å². The van der Waals surface area contributed by atoms with E-state index in [-0.39, 0.29) is 0 Å². The van der Waals surface area contributed by atoms with Gasteiger partial charge in [-0.3, -0.25) is 0 Å². The Labute approximate surface area is 114 Å². The third-order valence-electron chi connectivity index (χ3n) is 5.45. The molecule has 0 amide bonds. The van der Waals surface area contributed by atoms with Gasteiger partial charge in [-0.25, -0.2) is 0 Å². The molecule has 1 heterocycles. The summed E-state index contributed by atoms with van der Waals surface area (Å²) in [5, 5.41) is 1.76. The van der Waals surface area contributed by atoms with Gasteiger partial charge in [-0.15, -0.1) is 0 Å². The second kappa shape index (κ2) is 3.92. The zero-order valence-corrected chi connectivity index (χ0v) is 13.8. The van der Waals surface area contributed by atoms with Crippen LogP contribution < -0.4 is 0 Å². The zero-order valence-electron chi connectivity index (χ0n) is 11.2. The summed E-state index contributed by atoms with van der Waals surface area (Å²) < 4.78 is 1.53. The maximum atomic E-state index is 3.93. The molecule has 2 aliphatic carbocycles. The molecule has 1 saturated heterocycles. The Bertz CT molecular complexity index is 404. The molecule has 96 valence electrons. The predicted octanol–water partition coefficient (Wildman–Crippen LogP) is 3.65. The Kier molecular flexibility index (Phi) is 2.86. The minimum atomic E-state index is -0.958. The summed E-state index contributed by atoms with van der Waals surface area (Å²) in [6.07, 6.45) is 7.91. The van der Waals surface area contributed by atoms with Crippen LogP contribution in [0.3, 0.4) is 0 Å². The van der Waals surface area contributed by atoms with Crippen molar-refractivity contribution in [1.29, 1.82) is 0 Å². The molecule has 3 rings (SSSR count). The van der Waals surface area contributed by atoms with Crippen LogP contribution in [0.2, 0.25) is 0 Å². The first kappa shape index (κ1) is 12.4. The fourth-order valence-corrected chi connectivity index (χ4v) is 11.5. The molecule has 1 nitrogen and oxygen atoms in total. The van der Waals surface area contributed by atoms with Gasteiger partial charge in [-0.2, -0.15) is 0 Å². The third kappa shape index (κ3) is 1.57. The molecule has 4 atom stereocenters. The van der Waals surface area contributed by atoms with E-state index in [4.69, 9.17) is 0 Å². The van der Waals surface area contributed by atoms with E-state index >= 15 is 0 Å². The molecule has 0 spiro atoms. The summed E-state index contributed by atoms with van der Waals surface area (Å²) in [6, 6.07) is 0.594. The van der Waals surface area contributed by atoms with Gasteiger partial charge < -0.3 is 0 Å². The summed E-state index contributed by atoms with van der Waals surface area (Å²) in [6.45, 7) is 4.75. The second-order valence-corrected chi connectivity index (χ2v) is 11.9. The standard InChI is InChI=1S/C14H23BrNP/c1-5-17(12-8-13(12)17)11-7-6-10(14(11)15)9(2)16(3)4/h6-7,9-10,12-13,17H,5,8H2,1-4H3/t9-,10?,12?,13?/m1/s1. The predicted molar refractivity (Wildman–Crippen MR) is 82.8 cm³/mol. The molecule has 3 heteroatoms. The molecular weight excluding hydrogens is 293 g/mol. The van der Waals surface area contributed by atoms with Crippen molar-refractivity contribution in [3.8, 4) is 0 Å². The average Bonchev–Trinajstić information content (AvgIpc) is 3.15. The van der Waals surface area contributed by atoms with Crippen LogP contribution in [-0.2, 0) is 0 Å². The van der Waals surface area contributed by atoms with Gasteiger partial charge in [0.15, 0.2) is 0 Å². The first-order valence-corrected chi connectivity index (χ1v) is 9.94. The Balaban J connectivity index is 1.85. The van der Waals surface area contributed by atoms with Crippen LogP contribution in [0.1, 0.15) is 20.3 Å². The van der Waals surface area contributed by atoms with E-state index < -0.39 is 7.26 Å². The first-order valence-electron chi connectivity index (χ1n) is 6.78. The van der Waals surface area contributed by atoms with E-state index in [0.29, 0.717) is 12.0 Å². The Morgan fingerprint density at radius 1 is 1.47 bits per heavy atom. The number of rotatable bonds is 4. The fourth-order valence-electron chi connectivity index (χ4n) is 3.79. The molecule has 3 unspecified atom stereocenters. The average molecular weight is 316 g/mol. The summed E-state index contributed by atoms with van der Waals surface area (Å²) >= 11 is 3.93. The summed E-state index contributed by atoms with van der Waals surface area (Å²) in [5.74, 6) is 0.593. The maximum absolute atomic E-state index is 3.93. The van der Waals surface area contributed by atoms with Crippen LogP contribution in [-0.4, -0.2) is 42.5 Å². The van der Waals surface area contributed by atoms with Gasteiger partial charge in [0.05, 0.1) is 0 Å². The fraction of sp³-hybridized carbons (Fsp3) is 0.714. The van der Waals surface area contributed by atoms with E-state index in [1.54, 1.807) is 11.7 Å². The van der Waals surface area contributed by atoms with Crippen molar-refractivity contribution in [2.45, 2.75) is 37.6 Å². The van der Waals surface area contributed by atoms with Gasteiger partial charge in [0, 0.05) is 0 Å². The zero-order chi connectivity index (χ0) is 12.4. The molecule has 0 aromatic carbocycles. The number of hydrogen-bond acceptors (Lipinski definition) is 1. The molecule has 17 heavy (non-hydrogen) atoms. The van der Waals surface area contributed by atoms with Crippen molar-refractivity contribution >= 4 is 23.2 Å². The van der Waals surface area contributed by atoms with Crippen LogP contribution >= 0.6 is 23.2 Å².